The number of halogens is 1. The number of guanidine groups is 1. The Balaban J connectivity index is 1.52. The summed E-state index contributed by atoms with van der Waals surface area (Å²) in [6, 6.07) is 8.20. The van der Waals surface area contributed by atoms with Crippen molar-refractivity contribution in [2.75, 3.05) is 47.3 Å². The molecule has 7 heteroatoms. The van der Waals surface area contributed by atoms with Gasteiger partial charge in [-0.05, 0) is 50.6 Å². The molecular weight excluding hydrogens is 362 g/mol. The van der Waals surface area contributed by atoms with E-state index in [9.17, 15) is 4.79 Å². The van der Waals surface area contributed by atoms with Crippen LogP contribution in [-0.4, -0.2) is 79.9 Å². The van der Waals surface area contributed by atoms with E-state index in [1.807, 2.05) is 29.2 Å². The first kappa shape index (κ1) is 20.0. The number of carbonyl (C=O) groups excluding carboxylic acids is 1. The summed E-state index contributed by atoms with van der Waals surface area (Å²) in [4.78, 5) is 23.3. The fourth-order valence-corrected chi connectivity index (χ4v) is 3.77. The van der Waals surface area contributed by atoms with Gasteiger partial charge in [-0.25, -0.2) is 0 Å². The van der Waals surface area contributed by atoms with Crippen molar-refractivity contribution < 1.29 is 4.79 Å². The smallest absolute Gasteiger partial charge is 0.242 e. The predicted molar refractivity (Wildman–Crippen MR) is 110 cm³/mol. The lowest BCUT2D eigenvalue weighted by atomic mass is 10.1. The van der Waals surface area contributed by atoms with Crippen molar-refractivity contribution in [3.8, 4) is 0 Å². The summed E-state index contributed by atoms with van der Waals surface area (Å²) in [6.07, 6.45) is 2.62. The Kier molecular flexibility index (Phi) is 6.60. The topological polar surface area (TPSA) is 51.2 Å². The lowest BCUT2D eigenvalue weighted by molar-refractivity contribution is -0.135. The number of hydrogen-bond acceptors (Lipinski definition) is 3. The number of likely N-dealkylation sites (N-methyl/N-ethyl adjacent to an activating group) is 1. The van der Waals surface area contributed by atoms with Crippen LogP contribution < -0.4 is 5.32 Å². The second kappa shape index (κ2) is 8.93. The zero-order chi connectivity index (χ0) is 19.4. The third kappa shape index (κ3) is 5.36. The number of nitrogens with zero attached hydrogens (tertiary/aromatic N) is 4. The van der Waals surface area contributed by atoms with Crippen LogP contribution in [0.4, 0.5) is 0 Å². The summed E-state index contributed by atoms with van der Waals surface area (Å²) in [5, 5.41) is 4.20. The lowest BCUT2D eigenvalue weighted by Gasteiger charge is -2.36. The fourth-order valence-electron chi connectivity index (χ4n) is 3.65. The fraction of sp³-hybridized carbons (Fsp3) is 0.600. The van der Waals surface area contributed by atoms with Crippen LogP contribution in [0.3, 0.4) is 0 Å². The summed E-state index contributed by atoms with van der Waals surface area (Å²) < 4.78 is 0. The van der Waals surface area contributed by atoms with Gasteiger partial charge >= 0.3 is 0 Å². The molecule has 0 bridgehead atoms. The molecule has 3 rings (SSSR count). The average Bonchev–Trinajstić information content (AvgIpc) is 3.47. The van der Waals surface area contributed by atoms with E-state index in [-0.39, 0.29) is 5.91 Å². The first-order chi connectivity index (χ1) is 13.0. The zero-order valence-electron chi connectivity index (χ0n) is 16.5. The van der Waals surface area contributed by atoms with Crippen molar-refractivity contribution in [2.24, 2.45) is 10.9 Å². The number of nitrogens with one attached hydrogen (secondary N) is 1. The van der Waals surface area contributed by atoms with E-state index in [1.54, 1.807) is 7.05 Å². The van der Waals surface area contributed by atoms with E-state index >= 15 is 0 Å². The van der Waals surface area contributed by atoms with Gasteiger partial charge in [-0.1, -0.05) is 23.7 Å². The molecule has 1 aromatic rings. The number of amides is 1. The Bertz CT molecular complexity index is 669. The zero-order valence-corrected chi connectivity index (χ0v) is 17.2. The van der Waals surface area contributed by atoms with Gasteiger partial charge in [0.1, 0.15) is 0 Å². The van der Waals surface area contributed by atoms with Gasteiger partial charge in [0, 0.05) is 44.3 Å². The van der Waals surface area contributed by atoms with Gasteiger partial charge in [0.2, 0.25) is 5.91 Å². The highest BCUT2D eigenvalue weighted by atomic mass is 35.5. The molecule has 6 nitrogen and oxygen atoms in total. The molecule has 0 radical (unpaired) electrons. The lowest BCUT2D eigenvalue weighted by Crippen LogP contribution is -2.56. The molecule has 2 aliphatic rings. The number of aliphatic imine (C=N–C) groups is 1. The molecule has 1 aliphatic carbocycles. The number of benzene rings is 1. The van der Waals surface area contributed by atoms with Gasteiger partial charge in [-0.3, -0.25) is 9.79 Å². The Morgan fingerprint density at radius 2 is 2.00 bits per heavy atom. The Hall–Kier alpha value is -1.79. The van der Waals surface area contributed by atoms with Crippen LogP contribution in [0.5, 0.6) is 0 Å². The molecule has 1 aliphatic heterocycles. The second-order valence-electron chi connectivity index (χ2n) is 7.66. The first-order valence-corrected chi connectivity index (χ1v) is 10.00. The molecular formula is C20H30ClN5O. The molecule has 1 saturated carbocycles. The van der Waals surface area contributed by atoms with E-state index in [0.717, 1.165) is 30.5 Å². The number of rotatable bonds is 6. The van der Waals surface area contributed by atoms with Crippen LogP contribution in [0.25, 0.3) is 0 Å². The van der Waals surface area contributed by atoms with E-state index < -0.39 is 0 Å². The maximum atomic E-state index is 12.6. The Morgan fingerprint density at radius 3 is 2.56 bits per heavy atom. The average molecular weight is 392 g/mol. The minimum absolute atomic E-state index is 0.130. The van der Waals surface area contributed by atoms with Gasteiger partial charge in [0.05, 0.1) is 6.54 Å². The molecule has 0 spiro atoms. The predicted octanol–water partition coefficient (Wildman–Crippen LogP) is 1.90. The van der Waals surface area contributed by atoms with E-state index in [1.165, 1.54) is 12.8 Å². The highest BCUT2D eigenvalue weighted by Gasteiger charge is 2.33. The van der Waals surface area contributed by atoms with Gasteiger partial charge in [0.25, 0.3) is 0 Å². The molecule has 0 aromatic heterocycles. The van der Waals surface area contributed by atoms with Crippen molar-refractivity contribution in [2.45, 2.75) is 25.4 Å². The van der Waals surface area contributed by atoms with Crippen molar-refractivity contribution >= 4 is 23.5 Å². The van der Waals surface area contributed by atoms with E-state index in [0.29, 0.717) is 30.7 Å². The highest BCUT2D eigenvalue weighted by Crippen LogP contribution is 2.34. The van der Waals surface area contributed by atoms with E-state index in [2.05, 4.69) is 34.2 Å². The molecule has 1 atom stereocenters. The number of piperazine rings is 1. The summed E-state index contributed by atoms with van der Waals surface area (Å²) in [6.45, 7) is 3.34. The van der Waals surface area contributed by atoms with Crippen molar-refractivity contribution in [1.29, 1.82) is 0 Å². The van der Waals surface area contributed by atoms with Crippen molar-refractivity contribution in [1.82, 2.24) is 20.0 Å². The van der Waals surface area contributed by atoms with Crippen LogP contribution in [0, 0.1) is 5.92 Å². The normalized spacial score (nSPS) is 19.6. The maximum Gasteiger partial charge on any atom is 0.242 e. The molecule has 1 amide bonds. The summed E-state index contributed by atoms with van der Waals surface area (Å²) in [5.74, 6) is 1.73. The molecule has 1 saturated heterocycles. The highest BCUT2D eigenvalue weighted by molar-refractivity contribution is 6.30. The summed E-state index contributed by atoms with van der Waals surface area (Å²) in [5.41, 5.74) is 1.10. The van der Waals surface area contributed by atoms with Crippen molar-refractivity contribution in [3.63, 3.8) is 0 Å². The number of carbonyl (C=O) groups is 1. The Morgan fingerprint density at radius 1 is 1.30 bits per heavy atom. The van der Waals surface area contributed by atoms with Crippen LogP contribution in [0.1, 0.15) is 18.4 Å². The Labute approximate surface area is 167 Å². The second-order valence-corrected chi connectivity index (χ2v) is 8.10. The molecule has 1 N–H and O–H groups in total. The standard InChI is InChI=1S/C20H30ClN5O/c1-22-20(23-12-18(24(2)3)16-6-7-16)26-11-10-25(19(27)14-26)13-15-4-8-17(21)9-5-15/h4-5,8-9,16,18H,6-7,10-14H2,1-3H3,(H,22,23). The monoisotopic (exact) mass is 391 g/mol. The maximum absolute atomic E-state index is 12.6. The van der Waals surface area contributed by atoms with Crippen LogP contribution in [-0.2, 0) is 11.3 Å². The van der Waals surface area contributed by atoms with Gasteiger partial charge < -0.3 is 20.0 Å². The van der Waals surface area contributed by atoms with Gasteiger partial charge in [-0.15, -0.1) is 0 Å². The van der Waals surface area contributed by atoms with E-state index in [4.69, 9.17) is 11.6 Å². The van der Waals surface area contributed by atoms with Crippen LogP contribution >= 0.6 is 11.6 Å². The molecule has 1 unspecified atom stereocenters. The first-order valence-electron chi connectivity index (χ1n) is 9.62. The van der Waals surface area contributed by atoms with Gasteiger partial charge in [0.15, 0.2) is 5.96 Å². The molecule has 2 fully saturated rings. The third-order valence-corrected chi connectivity index (χ3v) is 5.67. The van der Waals surface area contributed by atoms with Crippen molar-refractivity contribution in [3.05, 3.63) is 34.9 Å². The quantitative estimate of drug-likeness (QED) is 0.594. The van der Waals surface area contributed by atoms with Gasteiger partial charge in [-0.2, -0.15) is 0 Å². The number of hydrogen-bond donors (Lipinski definition) is 1. The molecule has 1 aromatic carbocycles. The molecule has 27 heavy (non-hydrogen) atoms. The minimum Gasteiger partial charge on any atom is -0.355 e. The van der Waals surface area contributed by atoms with Crippen LogP contribution in [0.2, 0.25) is 5.02 Å². The summed E-state index contributed by atoms with van der Waals surface area (Å²) in [7, 11) is 6.05. The molecule has 1 heterocycles. The van der Waals surface area contributed by atoms with Crippen LogP contribution in [0.15, 0.2) is 29.3 Å². The molecule has 148 valence electrons. The third-order valence-electron chi connectivity index (χ3n) is 5.42. The SMILES string of the molecule is CN=C(NCC(C1CC1)N(C)C)N1CCN(Cc2ccc(Cl)cc2)C(=O)C1. The largest absolute Gasteiger partial charge is 0.355 e. The minimum atomic E-state index is 0.130. The summed E-state index contributed by atoms with van der Waals surface area (Å²) >= 11 is 5.94.